The molecule has 0 bridgehead atoms. The van der Waals surface area contributed by atoms with E-state index in [4.69, 9.17) is 4.74 Å². The van der Waals surface area contributed by atoms with E-state index < -0.39 is 0 Å². The summed E-state index contributed by atoms with van der Waals surface area (Å²) >= 11 is 0. The van der Waals surface area contributed by atoms with E-state index in [2.05, 4.69) is 31.0 Å². The molecule has 0 aliphatic heterocycles. The Labute approximate surface area is 172 Å². The van der Waals surface area contributed by atoms with Crippen LogP contribution in [-0.2, 0) is 6.54 Å². The molecule has 0 aliphatic carbocycles. The number of aromatic nitrogens is 2. The number of pyridine rings is 2. The Bertz CT molecular complexity index is 1000. The molecule has 0 N–H and O–H groups in total. The Morgan fingerprint density at radius 2 is 1.86 bits per heavy atom. The van der Waals surface area contributed by atoms with Crippen LogP contribution in [0.15, 0.2) is 65.6 Å². The van der Waals surface area contributed by atoms with Crippen molar-refractivity contribution in [2.75, 3.05) is 6.61 Å². The summed E-state index contributed by atoms with van der Waals surface area (Å²) in [6.07, 6.45) is 11.6. The van der Waals surface area contributed by atoms with Gasteiger partial charge in [-0.3, -0.25) is 9.36 Å². The van der Waals surface area contributed by atoms with Crippen molar-refractivity contribution in [1.82, 2.24) is 9.55 Å². The molecular weight excluding hydrogens is 360 g/mol. The number of unbranched alkanes of at least 4 members (excludes halogenated alkanes) is 3. The first kappa shape index (κ1) is 20.8. The molecule has 3 aromatic rings. The third-order valence-electron chi connectivity index (χ3n) is 4.92. The standard InChI is InChI=1S/C25H30N2O2/c1-3-5-6-7-8-9-17-27-24-21(11-10-16-26-24)19-23(25(27)28)20-12-14-22(15-13-20)29-18-4-2/h8-16,19H,3-7,17-18H2,1-2H3. The van der Waals surface area contributed by atoms with Gasteiger partial charge in [0.1, 0.15) is 11.4 Å². The molecule has 0 spiro atoms. The van der Waals surface area contributed by atoms with Crippen LogP contribution in [0.4, 0.5) is 0 Å². The number of allylic oxidation sites excluding steroid dienone is 2. The van der Waals surface area contributed by atoms with Crippen LogP contribution >= 0.6 is 0 Å². The molecule has 29 heavy (non-hydrogen) atoms. The summed E-state index contributed by atoms with van der Waals surface area (Å²) < 4.78 is 7.43. The fourth-order valence-electron chi connectivity index (χ4n) is 3.34. The molecule has 4 nitrogen and oxygen atoms in total. The van der Waals surface area contributed by atoms with Gasteiger partial charge in [-0.25, -0.2) is 4.98 Å². The lowest BCUT2D eigenvalue weighted by Gasteiger charge is -2.11. The number of hydrogen-bond donors (Lipinski definition) is 0. The van der Waals surface area contributed by atoms with E-state index >= 15 is 0 Å². The van der Waals surface area contributed by atoms with Gasteiger partial charge >= 0.3 is 0 Å². The van der Waals surface area contributed by atoms with Crippen LogP contribution in [0, 0.1) is 0 Å². The monoisotopic (exact) mass is 390 g/mol. The third-order valence-corrected chi connectivity index (χ3v) is 4.92. The summed E-state index contributed by atoms with van der Waals surface area (Å²) in [4.78, 5) is 17.7. The van der Waals surface area contributed by atoms with E-state index in [1.54, 1.807) is 10.8 Å². The normalized spacial score (nSPS) is 11.4. The van der Waals surface area contributed by atoms with Crippen molar-refractivity contribution in [3.05, 3.63) is 71.2 Å². The second kappa shape index (κ2) is 10.6. The molecule has 0 atom stereocenters. The first-order valence-electron chi connectivity index (χ1n) is 10.6. The molecule has 0 radical (unpaired) electrons. The van der Waals surface area contributed by atoms with E-state index in [0.29, 0.717) is 18.7 Å². The first-order chi connectivity index (χ1) is 14.2. The summed E-state index contributed by atoms with van der Waals surface area (Å²) in [7, 11) is 0. The highest BCUT2D eigenvalue weighted by atomic mass is 16.5. The second-order valence-corrected chi connectivity index (χ2v) is 7.23. The highest BCUT2D eigenvalue weighted by Crippen LogP contribution is 2.23. The van der Waals surface area contributed by atoms with E-state index in [1.807, 2.05) is 42.5 Å². The summed E-state index contributed by atoms with van der Waals surface area (Å²) in [5, 5.41) is 0.966. The molecule has 0 fully saturated rings. The molecular formula is C25H30N2O2. The summed E-state index contributed by atoms with van der Waals surface area (Å²) in [5.74, 6) is 0.827. The van der Waals surface area contributed by atoms with E-state index in [9.17, 15) is 4.79 Å². The molecule has 4 heteroatoms. The Morgan fingerprint density at radius 1 is 1.03 bits per heavy atom. The highest BCUT2D eigenvalue weighted by Gasteiger charge is 2.11. The van der Waals surface area contributed by atoms with Gasteiger partial charge in [0.15, 0.2) is 0 Å². The van der Waals surface area contributed by atoms with Crippen LogP contribution in [0.2, 0.25) is 0 Å². The average molecular weight is 391 g/mol. The topological polar surface area (TPSA) is 44.1 Å². The Hall–Kier alpha value is -2.88. The fourth-order valence-corrected chi connectivity index (χ4v) is 3.34. The van der Waals surface area contributed by atoms with Crippen LogP contribution in [0.3, 0.4) is 0 Å². The number of nitrogens with zero attached hydrogens (tertiary/aromatic N) is 2. The maximum Gasteiger partial charge on any atom is 0.260 e. The van der Waals surface area contributed by atoms with Gasteiger partial charge in [-0.1, -0.05) is 51.0 Å². The van der Waals surface area contributed by atoms with E-state index in [0.717, 1.165) is 35.2 Å². The van der Waals surface area contributed by atoms with Crippen LogP contribution in [0.5, 0.6) is 5.75 Å². The maximum atomic E-state index is 13.3. The van der Waals surface area contributed by atoms with Crippen LogP contribution < -0.4 is 10.3 Å². The first-order valence-corrected chi connectivity index (χ1v) is 10.6. The van der Waals surface area contributed by atoms with Crippen molar-refractivity contribution >= 4 is 11.0 Å². The van der Waals surface area contributed by atoms with Crippen molar-refractivity contribution in [2.45, 2.75) is 52.5 Å². The number of rotatable bonds is 10. The largest absolute Gasteiger partial charge is 0.494 e. The number of fused-ring (bicyclic) bond motifs is 1. The second-order valence-electron chi connectivity index (χ2n) is 7.23. The van der Waals surface area contributed by atoms with Crippen molar-refractivity contribution in [3.8, 4) is 16.9 Å². The van der Waals surface area contributed by atoms with Crippen molar-refractivity contribution < 1.29 is 4.74 Å². The smallest absolute Gasteiger partial charge is 0.260 e. The average Bonchev–Trinajstić information content (AvgIpc) is 2.76. The SMILES string of the molecule is CCCCCC=CCn1c(=O)c(-c2ccc(OCCC)cc2)cc2cccnc21. The molecule has 0 amide bonds. The van der Waals surface area contributed by atoms with Crippen molar-refractivity contribution in [3.63, 3.8) is 0 Å². The minimum Gasteiger partial charge on any atom is -0.494 e. The summed E-state index contributed by atoms with van der Waals surface area (Å²) in [5.41, 5.74) is 2.29. The molecule has 0 saturated carbocycles. The molecule has 152 valence electrons. The Balaban J connectivity index is 1.92. The number of ether oxygens (including phenoxy) is 1. The molecule has 2 heterocycles. The van der Waals surface area contributed by atoms with Crippen molar-refractivity contribution in [1.29, 1.82) is 0 Å². The zero-order chi connectivity index (χ0) is 20.5. The molecule has 1 aromatic carbocycles. The fraction of sp³-hybridized carbons (Fsp3) is 0.360. The van der Waals surface area contributed by atoms with E-state index in [-0.39, 0.29) is 5.56 Å². The molecule has 0 unspecified atom stereocenters. The van der Waals surface area contributed by atoms with Crippen LogP contribution in [0.25, 0.3) is 22.2 Å². The minimum atomic E-state index is -0.0170. The van der Waals surface area contributed by atoms with Crippen LogP contribution in [-0.4, -0.2) is 16.2 Å². The molecule has 0 aliphatic rings. The lowest BCUT2D eigenvalue weighted by molar-refractivity contribution is 0.317. The van der Waals surface area contributed by atoms with Crippen molar-refractivity contribution in [2.24, 2.45) is 0 Å². The van der Waals surface area contributed by atoms with E-state index in [1.165, 1.54) is 19.3 Å². The van der Waals surface area contributed by atoms with Gasteiger partial charge in [0.05, 0.1) is 6.61 Å². The van der Waals surface area contributed by atoms with Gasteiger partial charge in [-0.05, 0) is 55.2 Å². The molecule has 3 rings (SSSR count). The Morgan fingerprint density at radius 3 is 2.62 bits per heavy atom. The van der Waals surface area contributed by atoms with Gasteiger partial charge in [0.25, 0.3) is 5.56 Å². The zero-order valence-electron chi connectivity index (χ0n) is 17.4. The predicted molar refractivity (Wildman–Crippen MR) is 121 cm³/mol. The molecule has 2 aromatic heterocycles. The molecule has 0 saturated heterocycles. The van der Waals surface area contributed by atoms with Gasteiger partial charge in [0, 0.05) is 23.7 Å². The Kier molecular flexibility index (Phi) is 7.62. The summed E-state index contributed by atoms with van der Waals surface area (Å²) in [6.45, 7) is 5.51. The highest BCUT2D eigenvalue weighted by molar-refractivity contribution is 5.81. The maximum absolute atomic E-state index is 13.3. The zero-order valence-corrected chi connectivity index (χ0v) is 17.4. The number of hydrogen-bond acceptors (Lipinski definition) is 3. The van der Waals surface area contributed by atoms with Gasteiger partial charge in [-0.15, -0.1) is 0 Å². The van der Waals surface area contributed by atoms with Gasteiger partial charge in [0.2, 0.25) is 0 Å². The predicted octanol–water partition coefficient (Wildman–Crippen LogP) is 5.99. The van der Waals surface area contributed by atoms with Crippen LogP contribution in [0.1, 0.15) is 46.0 Å². The third kappa shape index (κ3) is 5.35. The lowest BCUT2D eigenvalue weighted by atomic mass is 10.1. The lowest BCUT2D eigenvalue weighted by Crippen LogP contribution is -2.22. The van der Waals surface area contributed by atoms with Gasteiger partial charge in [-0.2, -0.15) is 0 Å². The van der Waals surface area contributed by atoms with Gasteiger partial charge < -0.3 is 4.74 Å². The number of benzene rings is 1. The quantitative estimate of drug-likeness (QED) is 0.315. The minimum absolute atomic E-state index is 0.0170. The summed E-state index contributed by atoms with van der Waals surface area (Å²) in [6, 6.07) is 13.6.